The number of aromatic nitrogens is 2. The van der Waals surface area contributed by atoms with E-state index in [4.69, 9.17) is 32.2 Å². The van der Waals surface area contributed by atoms with E-state index in [-0.39, 0.29) is 17.6 Å². The Morgan fingerprint density at radius 2 is 1.97 bits per heavy atom. The second kappa shape index (κ2) is 10.9. The van der Waals surface area contributed by atoms with Crippen molar-refractivity contribution in [3.63, 3.8) is 0 Å². The van der Waals surface area contributed by atoms with Gasteiger partial charge in [0.25, 0.3) is 0 Å². The summed E-state index contributed by atoms with van der Waals surface area (Å²) in [5.41, 5.74) is 9.85. The number of nitrogen functional groups attached to an aromatic ring is 1. The molecule has 0 saturated carbocycles. The number of nitrogens with one attached hydrogen (secondary N) is 1. The Morgan fingerprint density at radius 1 is 1.22 bits per heavy atom. The topological polar surface area (TPSA) is 103 Å². The minimum Gasteiger partial charge on any atom is -0.497 e. The van der Waals surface area contributed by atoms with Crippen LogP contribution < -0.4 is 15.8 Å². The predicted molar refractivity (Wildman–Crippen MR) is 122 cm³/mol. The molecule has 0 saturated heterocycles. The van der Waals surface area contributed by atoms with Gasteiger partial charge < -0.3 is 15.2 Å². The average Bonchev–Trinajstić information content (AvgIpc) is 3.06. The molecule has 0 aliphatic carbocycles. The van der Waals surface area contributed by atoms with Crippen molar-refractivity contribution >= 4 is 28.3 Å². The summed E-state index contributed by atoms with van der Waals surface area (Å²) in [6.07, 6.45) is 2.01. The molecule has 2 aromatic carbocycles. The number of rotatable bonds is 10. The van der Waals surface area contributed by atoms with Crippen molar-refractivity contribution in [1.29, 1.82) is 5.41 Å². The number of hydrogen-bond acceptors (Lipinski definition) is 5. The fraction of sp³-hybridized carbons (Fsp3) is 0.217. The summed E-state index contributed by atoms with van der Waals surface area (Å²) in [6, 6.07) is 13.9. The van der Waals surface area contributed by atoms with Crippen LogP contribution in [0.5, 0.6) is 5.75 Å². The summed E-state index contributed by atoms with van der Waals surface area (Å²) < 4.78 is 26.6. The third-order valence-electron chi connectivity index (χ3n) is 4.82. The normalized spacial score (nSPS) is 11.6. The van der Waals surface area contributed by atoms with Crippen LogP contribution in [0.4, 0.5) is 15.9 Å². The van der Waals surface area contributed by atoms with Crippen LogP contribution >= 0.6 is 11.6 Å². The number of nitrogens with two attached hydrogens (primary N) is 2. The van der Waals surface area contributed by atoms with Gasteiger partial charge in [-0.05, 0) is 29.8 Å². The fourth-order valence-electron chi connectivity index (χ4n) is 3.25. The van der Waals surface area contributed by atoms with Gasteiger partial charge in [-0.15, -0.1) is 0 Å². The molecule has 0 unspecified atom stereocenters. The van der Waals surface area contributed by atoms with Crippen molar-refractivity contribution in [2.45, 2.75) is 19.6 Å². The first-order chi connectivity index (χ1) is 15.3. The highest BCUT2D eigenvalue weighted by atomic mass is 35.5. The van der Waals surface area contributed by atoms with E-state index < -0.39 is 0 Å². The molecule has 0 aliphatic heterocycles. The average molecular weight is 459 g/mol. The smallest absolute Gasteiger partial charge is 0.145 e. The Labute approximate surface area is 191 Å². The van der Waals surface area contributed by atoms with Crippen molar-refractivity contribution in [1.82, 2.24) is 9.78 Å². The summed E-state index contributed by atoms with van der Waals surface area (Å²) in [5.74, 6) is 0.840. The Morgan fingerprint density at radius 3 is 2.59 bits per heavy atom. The standard InChI is InChI=1S/C23H25ClFN5O2/c1-30-19(12-23(27)29-30)10-18(11-22(24)26)28-21-8-5-17(25)9-16(21)14-32-13-15-3-6-20(31-2)7-4-15/h3-9,11-12,26,28H,10,13-14H2,1-2H3,(H2,27,29)/p+1. The highest BCUT2D eigenvalue weighted by Gasteiger charge is 2.15. The van der Waals surface area contributed by atoms with Crippen LogP contribution in [-0.4, -0.2) is 22.1 Å². The monoisotopic (exact) mass is 458 g/mol. The van der Waals surface area contributed by atoms with E-state index in [1.165, 1.54) is 12.1 Å². The van der Waals surface area contributed by atoms with E-state index in [1.807, 2.05) is 29.6 Å². The van der Waals surface area contributed by atoms with Gasteiger partial charge in [0.1, 0.15) is 33.9 Å². The van der Waals surface area contributed by atoms with Crippen LogP contribution in [0.3, 0.4) is 0 Å². The number of hydrogen-bond donors (Lipinski definition) is 3. The summed E-state index contributed by atoms with van der Waals surface area (Å²) in [4.78, 5) is 0. The molecule has 3 rings (SSSR count). The summed E-state index contributed by atoms with van der Waals surface area (Å²) in [6.45, 7) is 0.600. The number of nitrogens with zero attached hydrogens (tertiary/aromatic N) is 2. The molecule has 1 aromatic heterocycles. The molecule has 0 bridgehead atoms. The Bertz CT molecular complexity index is 1110. The Hall–Kier alpha value is -3.20. The molecule has 168 valence electrons. The first kappa shape index (κ1) is 23.5. The number of methoxy groups -OCH3 is 1. The lowest BCUT2D eigenvalue weighted by molar-refractivity contribution is -0.520. The van der Waals surface area contributed by atoms with Crippen molar-refractivity contribution in [2.75, 3.05) is 12.8 Å². The maximum absolute atomic E-state index is 14.0. The second-order valence-electron chi connectivity index (χ2n) is 7.26. The zero-order valence-electron chi connectivity index (χ0n) is 17.9. The van der Waals surface area contributed by atoms with Gasteiger partial charge in [-0.3, -0.25) is 15.4 Å². The number of quaternary nitrogens is 1. The summed E-state index contributed by atoms with van der Waals surface area (Å²) in [7, 11) is 3.41. The largest absolute Gasteiger partial charge is 0.497 e. The number of anilines is 1. The molecule has 0 spiro atoms. The quantitative estimate of drug-likeness (QED) is 0.320. The lowest BCUT2D eigenvalue weighted by Crippen LogP contribution is -2.76. The van der Waals surface area contributed by atoms with Crippen LogP contribution in [0.2, 0.25) is 0 Å². The zero-order chi connectivity index (χ0) is 23.1. The predicted octanol–water partition coefficient (Wildman–Crippen LogP) is 3.40. The molecule has 1 heterocycles. The molecule has 0 aliphatic rings. The highest BCUT2D eigenvalue weighted by Crippen LogP contribution is 2.17. The van der Waals surface area contributed by atoms with Gasteiger partial charge in [0, 0.05) is 30.8 Å². The van der Waals surface area contributed by atoms with Crippen LogP contribution in [0.25, 0.3) is 0 Å². The molecular formula is C23H26ClFN5O2+. The molecule has 0 radical (unpaired) electrons. The lowest BCUT2D eigenvalue weighted by Gasteiger charge is -2.11. The fourth-order valence-corrected chi connectivity index (χ4v) is 3.39. The SMILES string of the molecule is COc1ccc(COCc2cc(F)ccc2[NH2+]C(=CC(=N)Cl)Cc2cc(N)nn2C)cc1. The number of ether oxygens (including phenoxy) is 2. The van der Waals surface area contributed by atoms with Crippen molar-refractivity contribution in [3.8, 4) is 5.75 Å². The maximum atomic E-state index is 14.0. The van der Waals surface area contributed by atoms with Crippen molar-refractivity contribution < 1.29 is 19.2 Å². The first-order valence-electron chi connectivity index (χ1n) is 9.91. The number of halogens is 2. The molecular weight excluding hydrogens is 433 g/mol. The molecule has 5 N–H and O–H groups in total. The summed E-state index contributed by atoms with van der Waals surface area (Å²) >= 11 is 5.83. The molecule has 32 heavy (non-hydrogen) atoms. The minimum atomic E-state index is -0.347. The van der Waals surface area contributed by atoms with Crippen LogP contribution in [0, 0.1) is 11.2 Å². The minimum absolute atomic E-state index is 0.106. The zero-order valence-corrected chi connectivity index (χ0v) is 18.7. The van der Waals surface area contributed by atoms with E-state index in [0.29, 0.717) is 24.4 Å². The maximum Gasteiger partial charge on any atom is 0.145 e. The van der Waals surface area contributed by atoms with Gasteiger partial charge in [0.15, 0.2) is 0 Å². The van der Waals surface area contributed by atoms with Gasteiger partial charge in [-0.2, -0.15) is 5.10 Å². The number of allylic oxidation sites excluding steroid dienone is 2. The van der Waals surface area contributed by atoms with Gasteiger partial charge in [0.05, 0.1) is 32.4 Å². The molecule has 0 amide bonds. The van der Waals surface area contributed by atoms with E-state index in [9.17, 15) is 4.39 Å². The van der Waals surface area contributed by atoms with Crippen molar-refractivity contribution in [3.05, 3.63) is 82.9 Å². The second-order valence-corrected chi connectivity index (χ2v) is 7.66. The molecule has 9 heteroatoms. The lowest BCUT2D eigenvalue weighted by atomic mass is 10.1. The number of benzene rings is 2. The van der Waals surface area contributed by atoms with E-state index >= 15 is 0 Å². The molecule has 7 nitrogen and oxygen atoms in total. The van der Waals surface area contributed by atoms with E-state index in [1.54, 1.807) is 37.0 Å². The van der Waals surface area contributed by atoms with Gasteiger partial charge in [-0.1, -0.05) is 23.7 Å². The van der Waals surface area contributed by atoms with E-state index in [2.05, 4.69) is 5.10 Å². The van der Waals surface area contributed by atoms with Gasteiger partial charge in [0.2, 0.25) is 0 Å². The Kier molecular flexibility index (Phi) is 7.99. The Balaban J connectivity index is 1.74. The molecule has 3 aromatic rings. The van der Waals surface area contributed by atoms with Crippen LogP contribution in [0.1, 0.15) is 16.8 Å². The van der Waals surface area contributed by atoms with Gasteiger partial charge >= 0.3 is 0 Å². The molecule has 0 fully saturated rings. The third kappa shape index (κ3) is 6.65. The first-order valence-corrected chi connectivity index (χ1v) is 10.3. The number of aryl methyl sites for hydroxylation is 1. The van der Waals surface area contributed by atoms with Crippen LogP contribution in [0.15, 0.2) is 60.3 Å². The van der Waals surface area contributed by atoms with Crippen LogP contribution in [-0.2, 0) is 31.4 Å². The van der Waals surface area contributed by atoms with Crippen molar-refractivity contribution in [2.24, 2.45) is 7.05 Å². The van der Waals surface area contributed by atoms with E-state index in [0.717, 1.165) is 28.4 Å². The summed E-state index contributed by atoms with van der Waals surface area (Å²) in [5, 5.41) is 13.6. The highest BCUT2D eigenvalue weighted by molar-refractivity contribution is 6.67. The van der Waals surface area contributed by atoms with Gasteiger partial charge in [-0.25, -0.2) is 4.39 Å². The molecule has 0 atom stereocenters. The third-order valence-corrected chi connectivity index (χ3v) is 4.93.